The highest BCUT2D eigenvalue weighted by Gasteiger charge is 2.20. The molecule has 0 saturated heterocycles. The standard InChI is InChI=1S/C38H74N2O2/c1-3-5-7-9-11-13-15-17-19-21-23-25-27-29-33-36(42-38(41)37(40)34-30-31-35-39)32-28-26-24-22-20-18-16-14-12-10-8-6-4-2/h13-16,36-37H,3-12,17-35,39-40H2,1-2H3/b15-13-,16-14-/t36?,37-/m0/s1. The van der Waals surface area contributed by atoms with Crippen molar-refractivity contribution in [2.24, 2.45) is 11.5 Å². The SMILES string of the molecule is CCCCCC/C=C\CCCCCCCCC(CCCCCCC/C=C\CCCCCC)OC(=O)[C@@H](N)CCCCN. The van der Waals surface area contributed by atoms with Crippen molar-refractivity contribution in [3.63, 3.8) is 0 Å². The van der Waals surface area contributed by atoms with E-state index in [1.165, 1.54) is 135 Å². The van der Waals surface area contributed by atoms with E-state index in [4.69, 9.17) is 16.2 Å². The molecule has 0 spiro atoms. The number of carbonyl (C=O) groups is 1. The van der Waals surface area contributed by atoms with E-state index in [2.05, 4.69) is 38.2 Å². The van der Waals surface area contributed by atoms with Crippen molar-refractivity contribution in [3.05, 3.63) is 24.3 Å². The normalized spacial score (nSPS) is 13.3. The molecule has 0 saturated carbocycles. The summed E-state index contributed by atoms with van der Waals surface area (Å²) in [6, 6.07) is -0.510. The summed E-state index contributed by atoms with van der Waals surface area (Å²) < 4.78 is 5.95. The predicted molar refractivity (Wildman–Crippen MR) is 186 cm³/mol. The first kappa shape index (κ1) is 40.9. The van der Waals surface area contributed by atoms with Crippen molar-refractivity contribution >= 4 is 5.97 Å². The highest BCUT2D eigenvalue weighted by molar-refractivity contribution is 5.75. The van der Waals surface area contributed by atoms with Crippen molar-refractivity contribution in [1.82, 2.24) is 0 Å². The molecule has 4 heteroatoms. The molecule has 0 aliphatic carbocycles. The third-order valence-corrected chi connectivity index (χ3v) is 8.38. The van der Waals surface area contributed by atoms with Crippen LogP contribution in [0.3, 0.4) is 0 Å². The van der Waals surface area contributed by atoms with Gasteiger partial charge in [-0.05, 0) is 96.4 Å². The molecule has 1 unspecified atom stereocenters. The minimum absolute atomic E-state index is 0.0242. The van der Waals surface area contributed by atoms with Gasteiger partial charge in [0.05, 0.1) is 0 Å². The lowest BCUT2D eigenvalue weighted by Gasteiger charge is -2.20. The van der Waals surface area contributed by atoms with Gasteiger partial charge in [0.2, 0.25) is 0 Å². The average Bonchev–Trinajstić information content (AvgIpc) is 2.99. The van der Waals surface area contributed by atoms with Crippen LogP contribution >= 0.6 is 0 Å². The maximum absolute atomic E-state index is 12.6. The van der Waals surface area contributed by atoms with Crippen LogP contribution in [0.15, 0.2) is 24.3 Å². The van der Waals surface area contributed by atoms with Gasteiger partial charge in [0.25, 0.3) is 0 Å². The van der Waals surface area contributed by atoms with Crippen LogP contribution < -0.4 is 11.5 Å². The zero-order valence-electron chi connectivity index (χ0n) is 28.4. The van der Waals surface area contributed by atoms with Crippen LogP contribution in [0.4, 0.5) is 0 Å². The maximum Gasteiger partial charge on any atom is 0.323 e. The lowest BCUT2D eigenvalue weighted by molar-refractivity contribution is -0.151. The minimum atomic E-state index is -0.510. The molecule has 248 valence electrons. The number of hydrogen-bond acceptors (Lipinski definition) is 4. The summed E-state index contributed by atoms with van der Waals surface area (Å²) in [5, 5.41) is 0. The van der Waals surface area contributed by atoms with Crippen LogP contribution in [0.1, 0.15) is 194 Å². The van der Waals surface area contributed by atoms with Gasteiger partial charge in [0.15, 0.2) is 0 Å². The summed E-state index contributed by atoms with van der Waals surface area (Å²) in [5.41, 5.74) is 11.7. The topological polar surface area (TPSA) is 78.3 Å². The molecular weight excluding hydrogens is 516 g/mol. The van der Waals surface area contributed by atoms with E-state index in [1.807, 2.05) is 0 Å². The molecular formula is C38H74N2O2. The van der Waals surface area contributed by atoms with Crippen LogP contribution in [0.25, 0.3) is 0 Å². The number of rotatable bonds is 33. The Kier molecular flexibility index (Phi) is 33.4. The Hall–Kier alpha value is -1.13. The second kappa shape index (κ2) is 34.4. The molecule has 0 aromatic rings. The minimum Gasteiger partial charge on any atom is -0.461 e. The van der Waals surface area contributed by atoms with Gasteiger partial charge in [-0.15, -0.1) is 0 Å². The Balaban J connectivity index is 4.11. The van der Waals surface area contributed by atoms with Gasteiger partial charge in [0, 0.05) is 0 Å². The number of carbonyl (C=O) groups excluding carboxylic acids is 1. The number of esters is 1. The smallest absolute Gasteiger partial charge is 0.323 e. The molecule has 0 radical (unpaired) electrons. The summed E-state index contributed by atoms with van der Waals surface area (Å²) >= 11 is 0. The van der Waals surface area contributed by atoms with Crippen molar-refractivity contribution in [1.29, 1.82) is 0 Å². The van der Waals surface area contributed by atoms with Gasteiger partial charge in [-0.1, -0.05) is 128 Å². The quantitative estimate of drug-likeness (QED) is 0.0452. The van der Waals surface area contributed by atoms with Gasteiger partial charge in [-0.25, -0.2) is 0 Å². The highest BCUT2D eigenvalue weighted by atomic mass is 16.5. The third-order valence-electron chi connectivity index (χ3n) is 8.38. The molecule has 0 amide bonds. The molecule has 0 fully saturated rings. The lowest BCUT2D eigenvalue weighted by atomic mass is 10.0. The Morgan fingerprint density at radius 2 is 0.881 bits per heavy atom. The molecule has 42 heavy (non-hydrogen) atoms. The number of hydrogen-bond donors (Lipinski definition) is 2. The van der Waals surface area contributed by atoms with Gasteiger partial charge >= 0.3 is 5.97 Å². The Morgan fingerprint density at radius 1 is 0.524 bits per heavy atom. The van der Waals surface area contributed by atoms with Crippen molar-refractivity contribution < 1.29 is 9.53 Å². The number of ether oxygens (including phenoxy) is 1. The van der Waals surface area contributed by atoms with E-state index in [0.717, 1.165) is 38.5 Å². The monoisotopic (exact) mass is 591 g/mol. The molecule has 4 nitrogen and oxygen atoms in total. The van der Waals surface area contributed by atoms with Gasteiger partial charge in [-0.2, -0.15) is 0 Å². The molecule has 2 atom stereocenters. The summed E-state index contributed by atoms with van der Waals surface area (Å²) in [6.07, 6.45) is 43.6. The Morgan fingerprint density at radius 3 is 1.29 bits per heavy atom. The largest absolute Gasteiger partial charge is 0.461 e. The zero-order valence-corrected chi connectivity index (χ0v) is 28.4. The predicted octanol–water partition coefficient (Wildman–Crippen LogP) is 11.3. The van der Waals surface area contributed by atoms with Crippen LogP contribution in [0.5, 0.6) is 0 Å². The van der Waals surface area contributed by atoms with Crippen LogP contribution in [0.2, 0.25) is 0 Å². The van der Waals surface area contributed by atoms with E-state index >= 15 is 0 Å². The van der Waals surface area contributed by atoms with Crippen molar-refractivity contribution in [3.8, 4) is 0 Å². The number of nitrogens with two attached hydrogens (primary N) is 2. The summed E-state index contributed by atoms with van der Waals surface area (Å²) in [6.45, 7) is 5.19. The molecule has 0 aromatic carbocycles. The third kappa shape index (κ3) is 30.3. The molecule has 0 bridgehead atoms. The highest BCUT2D eigenvalue weighted by Crippen LogP contribution is 2.18. The lowest BCUT2D eigenvalue weighted by Crippen LogP contribution is -2.35. The number of allylic oxidation sites excluding steroid dienone is 4. The summed E-state index contributed by atoms with van der Waals surface area (Å²) in [7, 11) is 0. The molecule has 0 aliphatic heterocycles. The first-order valence-electron chi connectivity index (χ1n) is 18.6. The van der Waals surface area contributed by atoms with Gasteiger partial charge < -0.3 is 16.2 Å². The molecule has 0 rings (SSSR count). The second-order valence-electron chi connectivity index (χ2n) is 12.6. The van der Waals surface area contributed by atoms with Crippen LogP contribution in [-0.2, 0) is 9.53 Å². The fraction of sp³-hybridized carbons (Fsp3) is 0.868. The fourth-order valence-corrected chi connectivity index (χ4v) is 5.50. The van der Waals surface area contributed by atoms with E-state index in [-0.39, 0.29) is 12.1 Å². The first-order valence-corrected chi connectivity index (χ1v) is 18.6. The maximum atomic E-state index is 12.6. The fourth-order valence-electron chi connectivity index (χ4n) is 5.50. The first-order chi connectivity index (χ1) is 20.7. The number of unbranched alkanes of at least 4 members (excludes halogenated alkanes) is 20. The average molecular weight is 591 g/mol. The Labute approximate surface area is 263 Å². The summed E-state index contributed by atoms with van der Waals surface area (Å²) in [4.78, 5) is 12.6. The second-order valence-corrected chi connectivity index (χ2v) is 12.6. The Bertz CT molecular complexity index is 604. The summed E-state index contributed by atoms with van der Waals surface area (Å²) in [5.74, 6) is -0.211. The van der Waals surface area contributed by atoms with E-state index < -0.39 is 6.04 Å². The van der Waals surface area contributed by atoms with Crippen LogP contribution in [-0.4, -0.2) is 24.7 Å². The molecule has 4 N–H and O–H groups in total. The molecule has 0 aromatic heterocycles. The van der Waals surface area contributed by atoms with Crippen molar-refractivity contribution in [2.45, 2.75) is 206 Å². The van der Waals surface area contributed by atoms with E-state index in [0.29, 0.717) is 13.0 Å². The van der Waals surface area contributed by atoms with Gasteiger partial charge in [-0.3, -0.25) is 4.79 Å². The molecule has 0 heterocycles. The van der Waals surface area contributed by atoms with Crippen LogP contribution in [0, 0.1) is 0 Å². The van der Waals surface area contributed by atoms with E-state index in [1.54, 1.807) is 0 Å². The van der Waals surface area contributed by atoms with Crippen molar-refractivity contribution in [2.75, 3.05) is 6.54 Å². The van der Waals surface area contributed by atoms with E-state index in [9.17, 15) is 4.79 Å². The molecule has 0 aliphatic rings. The van der Waals surface area contributed by atoms with Gasteiger partial charge in [0.1, 0.15) is 12.1 Å². The zero-order chi connectivity index (χ0) is 30.8.